The number of nitrogens with one attached hydrogen (secondary N) is 1. The lowest BCUT2D eigenvalue weighted by molar-refractivity contribution is 0.130. The van der Waals surface area contributed by atoms with Crippen LogP contribution in [-0.4, -0.2) is 13.2 Å². The van der Waals surface area contributed by atoms with E-state index in [0.29, 0.717) is 12.1 Å². The number of ether oxygens (including phenoxy) is 1. The highest BCUT2D eigenvalue weighted by atomic mass is 16.5. The minimum atomic E-state index is 0.374. The van der Waals surface area contributed by atoms with Crippen molar-refractivity contribution in [2.45, 2.75) is 58.1 Å². The molecule has 0 radical (unpaired) electrons. The number of rotatable bonds is 5. The highest BCUT2D eigenvalue weighted by Crippen LogP contribution is 2.30. The minimum Gasteiger partial charge on any atom is -0.490 e. The lowest BCUT2D eigenvalue weighted by atomic mass is 9.86. The Labute approximate surface area is 117 Å². The quantitative estimate of drug-likeness (QED) is 0.852. The van der Waals surface area contributed by atoms with Crippen molar-refractivity contribution in [1.82, 2.24) is 5.32 Å². The summed E-state index contributed by atoms with van der Waals surface area (Å²) in [5.41, 5.74) is 1.29. The molecule has 0 saturated heterocycles. The van der Waals surface area contributed by atoms with Crippen LogP contribution in [0.3, 0.4) is 0 Å². The molecule has 1 aliphatic carbocycles. The zero-order valence-corrected chi connectivity index (χ0v) is 12.5. The predicted molar refractivity (Wildman–Crippen MR) is 80.6 cm³/mol. The smallest absolute Gasteiger partial charge is 0.120 e. The van der Waals surface area contributed by atoms with E-state index in [9.17, 15) is 0 Å². The molecule has 1 aromatic rings. The Balaban J connectivity index is 1.92. The molecule has 1 aliphatic rings. The fourth-order valence-electron chi connectivity index (χ4n) is 2.87. The largest absolute Gasteiger partial charge is 0.490 e. The van der Waals surface area contributed by atoms with Crippen LogP contribution in [-0.2, 0) is 0 Å². The first-order valence-corrected chi connectivity index (χ1v) is 7.66. The van der Waals surface area contributed by atoms with Crippen molar-refractivity contribution in [3.05, 3.63) is 29.8 Å². The third-order valence-electron chi connectivity index (χ3n) is 4.46. The average molecular weight is 261 g/mol. The molecule has 0 aliphatic heterocycles. The Morgan fingerprint density at radius 2 is 2.00 bits per heavy atom. The van der Waals surface area contributed by atoms with Gasteiger partial charge in [0, 0.05) is 6.04 Å². The van der Waals surface area contributed by atoms with Crippen LogP contribution in [0.15, 0.2) is 24.3 Å². The second-order valence-electron chi connectivity index (χ2n) is 5.75. The summed E-state index contributed by atoms with van der Waals surface area (Å²) in [6.07, 6.45) is 6.82. The molecule has 1 N–H and O–H groups in total. The second kappa shape index (κ2) is 6.95. The van der Waals surface area contributed by atoms with Crippen LogP contribution in [0, 0.1) is 5.92 Å². The van der Waals surface area contributed by atoms with Gasteiger partial charge in [0.1, 0.15) is 5.75 Å². The van der Waals surface area contributed by atoms with Gasteiger partial charge in [0.05, 0.1) is 6.10 Å². The first kappa shape index (κ1) is 14.4. The molecule has 0 spiro atoms. The van der Waals surface area contributed by atoms with Gasteiger partial charge in [-0.2, -0.15) is 0 Å². The summed E-state index contributed by atoms with van der Waals surface area (Å²) in [6.45, 7) is 4.47. The second-order valence-corrected chi connectivity index (χ2v) is 5.75. The summed E-state index contributed by atoms with van der Waals surface area (Å²) >= 11 is 0. The van der Waals surface area contributed by atoms with Crippen molar-refractivity contribution in [2.24, 2.45) is 5.92 Å². The van der Waals surface area contributed by atoms with Crippen molar-refractivity contribution >= 4 is 0 Å². The Hall–Kier alpha value is -1.02. The van der Waals surface area contributed by atoms with Gasteiger partial charge < -0.3 is 10.1 Å². The van der Waals surface area contributed by atoms with E-state index in [0.717, 1.165) is 11.7 Å². The van der Waals surface area contributed by atoms with E-state index in [4.69, 9.17) is 4.74 Å². The van der Waals surface area contributed by atoms with Crippen LogP contribution in [0.5, 0.6) is 5.75 Å². The Morgan fingerprint density at radius 1 is 1.26 bits per heavy atom. The topological polar surface area (TPSA) is 21.3 Å². The molecule has 0 heterocycles. The molecule has 19 heavy (non-hydrogen) atoms. The van der Waals surface area contributed by atoms with E-state index in [1.165, 1.54) is 37.7 Å². The summed E-state index contributed by atoms with van der Waals surface area (Å²) < 4.78 is 6.16. The van der Waals surface area contributed by atoms with Crippen molar-refractivity contribution in [3.8, 4) is 5.75 Å². The SMILES string of the molecule is CCC1CCC(Oc2cccc(C(C)NC)c2)CC1. The molecule has 0 aromatic heterocycles. The fourth-order valence-corrected chi connectivity index (χ4v) is 2.87. The van der Waals surface area contributed by atoms with Gasteiger partial charge in [-0.15, -0.1) is 0 Å². The lowest BCUT2D eigenvalue weighted by Gasteiger charge is -2.28. The molecule has 1 saturated carbocycles. The van der Waals surface area contributed by atoms with Gasteiger partial charge in [0.2, 0.25) is 0 Å². The van der Waals surface area contributed by atoms with Gasteiger partial charge >= 0.3 is 0 Å². The zero-order valence-electron chi connectivity index (χ0n) is 12.5. The number of hydrogen-bond acceptors (Lipinski definition) is 2. The van der Waals surface area contributed by atoms with E-state index in [2.05, 4.69) is 43.4 Å². The van der Waals surface area contributed by atoms with Crippen LogP contribution in [0.1, 0.15) is 57.6 Å². The lowest BCUT2D eigenvalue weighted by Crippen LogP contribution is -2.24. The van der Waals surface area contributed by atoms with Gasteiger partial charge in [0.15, 0.2) is 0 Å². The zero-order chi connectivity index (χ0) is 13.7. The van der Waals surface area contributed by atoms with E-state index in [-0.39, 0.29) is 0 Å². The maximum Gasteiger partial charge on any atom is 0.120 e. The molecule has 2 heteroatoms. The van der Waals surface area contributed by atoms with E-state index in [1.54, 1.807) is 0 Å². The van der Waals surface area contributed by atoms with Gasteiger partial charge in [-0.3, -0.25) is 0 Å². The summed E-state index contributed by atoms with van der Waals surface area (Å²) in [7, 11) is 1.99. The van der Waals surface area contributed by atoms with Gasteiger partial charge in [-0.25, -0.2) is 0 Å². The summed E-state index contributed by atoms with van der Waals surface area (Å²) in [6, 6.07) is 8.88. The normalized spacial score (nSPS) is 25.0. The molecule has 1 aromatic carbocycles. The molecule has 2 rings (SSSR count). The van der Waals surface area contributed by atoms with Crippen molar-refractivity contribution in [2.75, 3.05) is 7.05 Å². The molecule has 106 valence electrons. The average Bonchev–Trinajstić information content (AvgIpc) is 2.47. The van der Waals surface area contributed by atoms with E-state index in [1.807, 2.05) is 7.05 Å². The number of hydrogen-bond donors (Lipinski definition) is 1. The molecular weight excluding hydrogens is 234 g/mol. The minimum absolute atomic E-state index is 0.374. The van der Waals surface area contributed by atoms with Crippen molar-refractivity contribution < 1.29 is 4.74 Å². The molecule has 0 bridgehead atoms. The highest BCUT2D eigenvalue weighted by Gasteiger charge is 2.21. The Bertz CT molecular complexity index is 383. The van der Waals surface area contributed by atoms with Crippen LogP contribution < -0.4 is 10.1 Å². The molecule has 0 amide bonds. The summed E-state index contributed by atoms with van der Waals surface area (Å²) in [5.74, 6) is 1.95. The van der Waals surface area contributed by atoms with Crippen LogP contribution in [0.25, 0.3) is 0 Å². The molecule has 1 fully saturated rings. The summed E-state index contributed by atoms with van der Waals surface area (Å²) in [4.78, 5) is 0. The summed E-state index contributed by atoms with van der Waals surface area (Å²) in [5, 5.41) is 3.27. The third kappa shape index (κ3) is 3.97. The number of benzene rings is 1. The van der Waals surface area contributed by atoms with E-state index < -0.39 is 0 Å². The molecule has 2 nitrogen and oxygen atoms in total. The first-order valence-electron chi connectivity index (χ1n) is 7.66. The van der Waals surface area contributed by atoms with Crippen LogP contribution >= 0.6 is 0 Å². The molecule has 1 unspecified atom stereocenters. The highest BCUT2D eigenvalue weighted by molar-refractivity contribution is 5.30. The molecular formula is C17H27NO. The van der Waals surface area contributed by atoms with Gasteiger partial charge in [-0.05, 0) is 63.3 Å². The first-order chi connectivity index (χ1) is 9.22. The van der Waals surface area contributed by atoms with Gasteiger partial charge in [-0.1, -0.05) is 25.5 Å². The van der Waals surface area contributed by atoms with Crippen LogP contribution in [0.4, 0.5) is 0 Å². The third-order valence-corrected chi connectivity index (χ3v) is 4.46. The predicted octanol–water partition coefficient (Wildman–Crippen LogP) is 4.31. The fraction of sp³-hybridized carbons (Fsp3) is 0.647. The maximum absolute atomic E-state index is 6.16. The standard InChI is InChI=1S/C17H27NO/c1-4-14-8-10-16(11-9-14)19-17-7-5-6-15(12-17)13(2)18-3/h5-7,12-14,16,18H,4,8-11H2,1-3H3. The Kier molecular flexibility index (Phi) is 5.26. The Morgan fingerprint density at radius 3 is 2.63 bits per heavy atom. The van der Waals surface area contributed by atoms with E-state index >= 15 is 0 Å². The monoisotopic (exact) mass is 261 g/mol. The molecule has 1 atom stereocenters. The maximum atomic E-state index is 6.16. The van der Waals surface area contributed by atoms with Crippen molar-refractivity contribution in [3.63, 3.8) is 0 Å². The van der Waals surface area contributed by atoms with Gasteiger partial charge in [0.25, 0.3) is 0 Å². The van der Waals surface area contributed by atoms with Crippen molar-refractivity contribution in [1.29, 1.82) is 0 Å². The van der Waals surface area contributed by atoms with Crippen LogP contribution in [0.2, 0.25) is 0 Å².